The van der Waals surface area contributed by atoms with E-state index in [1.165, 1.54) is 99.5 Å². The van der Waals surface area contributed by atoms with Crippen molar-refractivity contribution < 1.29 is 0 Å². The second-order valence-electron chi connectivity index (χ2n) is 6.18. The molecule has 0 aromatic rings. The van der Waals surface area contributed by atoms with E-state index in [2.05, 4.69) is 16.2 Å². The smallest absolute Gasteiger partial charge is 0.133 e. The van der Waals surface area contributed by atoms with Crippen LogP contribution in [0.25, 0.3) is 0 Å². The fourth-order valence-electron chi connectivity index (χ4n) is 2.76. The number of thiocyanates is 3. The summed E-state index contributed by atoms with van der Waals surface area (Å²) >= 11 is 4.18. The van der Waals surface area contributed by atoms with Crippen LogP contribution in [0.4, 0.5) is 0 Å². The van der Waals surface area contributed by atoms with Crippen LogP contribution in [0.15, 0.2) is 0 Å². The Morgan fingerprint density at radius 3 is 1.32 bits per heavy atom. The maximum absolute atomic E-state index is 8.96. The predicted molar refractivity (Wildman–Crippen MR) is 113 cm³/mol. The lowest BCUT2D eigenvalue weighted by atomic mass is 10.0. The molecule has 0 heterocycles. The second kappa shape index (κ2) is 21.6. The monoisotopic (exact) mass is 397 g/mol. The van der Waals surface area contributed by atoms with E-state index in [0.29, 0.717) is 5.25 Å². The third-order valence-electron chi connectivity index (χ3n) is 4.14. The lowest BCUT2D eigenvalue weighted by Gasteiger charge is -2.12. The standard InChI is InChI=1S/C19H31N3S3/c20-16-23-14-10-6-2-1-4-8-12-19(25-18-22)13-9-5-3-7-11-15-24-17-21/h19H,1-15H2. The molecule has 140 valence electrons. The van der Waals surface area contributed by atoms with Crippen LogP contribution in [0, 0.1) is 32.0 Å². The lowest BCUT2D eigenvalue weighted by Crippen LogP contribution is -2.02. The SMILES string of the molecule is N#CSCCCCCCCCC(CCCCCCCSC#N)SC#N. The summed E-state index contributed by atoms with van der Waals surface area (Å²) in [6.45, 7) is 0. The number of thioether (sulfide) groups is 3. The largest absolute Gasteiger partial charge is 0.185 e. The van der Waals surface area contributed by atoms with Crippen molar-refractivity contribution >= 4 is 35.3 Å². The topological polar surface area (TPSA) is 71.4 Å². The van der Waals surface area contributed by atoms with E-state index in [4.69, 9.17) is 15.8 Å². The Morgan fingerprint density at radius 2 is 0.920 bits per heavy atom. The van der Waals surface area contributed by atoms with Crippen molar-refractivity contribution in [1.82, 2.24) is 0 Å². The van der Waals surface area contributed by atoms with Crippen LogP contribution in [-0.2, 0) is 0 Å². The summed E-state index contributed by atoms with van der Waals surface area (Å²) in [5.41, 5.74) is 0. The summed E-state index contributed by atoms with van der Waals surface area (Å²) in [5.74, 6) is 1.93. The van der Waals surface area contributed by atoms with Crippen LogP contribution >= 0.6 is 35.3 Å². The van der Waals surface area contributed by atoms with Gasteiger partial charge in [0.05, 0.1) is 0 Å². The van der Waals surface area contributed by atoms with Gasteiger partial charge in [0, 0.05) is 16.8 Å². The van der Waals surface area contributed by atoms with Gasteiger partial charge in [-0.05, 0) is 61.0 Å². The molecule has 0 bridgehead atoms. The van der Waals surface area contributed by atoms with Crippen molar-refractivity contribution in [2.75, 3.05) is 11.5 Å². The first-order valence-electron chi connectivity index (χ1n) is 9.41. The van der Waals surface area contributed by atoms with Gasteiger partial charge in [0.2, 0.25) is 0 Å². The molecule has 0 saturated carbocycles. The van der Waals surface area contributed by atoms with Crippen molar-refractivity contribution in [3.63, 3.8) is 0 Å². The quantitative estimate of drug-likeness (QED) is 0.182. The van der Waals surface area contributed by atoms with Gasteiger partial charge in [0.1, 0.15) is 16.2 Å². The fourth-order valence-corrected chi connectivity index (χ4v) is 4.36. The number of nitrogens with zero attached hydrogens (tertiary/aromatic N) is 3. The number of rotatable bonds is 18. The second-order valence-corrected chi connectivity index (χ2v) is 9.02. The third kappa shape index (κ3) is 19.7. The Kier molecular flexibility index (Phi) is 21.1. The minimum Gasteiger partial charge on any atom is -0.185 e. The molecule has 0 amide bonds. The molecule has 0 fully saturated rings. The van der Waals surface area contributed by atoms with Crippen LogP contribution in [-0.4, -0.2) is 16.8 Å². The molecule has 0 rings (SSSR count). The molecule has 25 heavy (non-hydrogen) atoms. The van der Waals surface area contributed by atoms with Crippen molar-refractivity contribution in [3.05, 3.63) is 0 Å². The first-order chi connectivity index (χ1) is 12.3. The summed E-state index contributed by atoms with van der Waals surface area (Å²) in [6, 6.07) is 0. The minimum absolute atomic E-state index is 0.506. The zero-order valence-electron chi connectivity index (χ0n) is 15.3. The Labute approximate surface area is 167 Å². The number of nitriles is 3. The number of hydrogen-bond donors (Lipinski definition) is 0. The highest BCUT2D eigenvalue weighted by atomic mass is 32.2. The van der Waals surface area contributed by atoms with E-state index in [1.54, 1.807) is 0 Å². The van der Waals surface area contributed by atoms with Crippen LogP contribution in [0.2, 0.25) is 0 Å². The van der Waals surface area contributed by atoms with Gasteiger partial charge in [-0.25, -0.2) is 0 Å². The number of unbranched alkanes of at least 4 members (excludes halogenated alkanes) is 9. The van der Waals surface area contributed by atoms with Gasteiger partial charge >= 0.3 is 0 Å². The maximum atomic E-state index is 8.96. The molecular formula is C19H31N3S3. The predicted octanol–water partition coefficient (Wildman–Crippen LogP) is 7.07. The number of hydrogen-bond acceptors (Lipinski definition) is 6. The highest BCUT2D eigenvalue weighted by molar-refractivity contribution is 8.04. The average molecular weight is 398 g/mol. The van der Waals surface area contributed by atoms with E-state index < -0.39 is 0 Å². The first-order valence-corrected chi connectivity index (χ1v) is 12.3. The molecule has 0 radical (unpaired) electrons. The molecule has 0 N–H and O–H groups in total. The normalized spacial score (nSPS) is 11.4. The molecule has 0 saturated heterocycles. The zero-order chi connectivity index (χ0) is 18.4. The van der Waals surface area contributed by atoms with Gasteiger partial charge in [0.15, 0.2) is 0 Å². The molecule has 0 aliphatic rings. The first kappa shape index (κ1) is 24.5. The van der Waals surface area contributed by atoms with E-state index in [1.807, 2.05) is 0 Å². The maximum Gasteiger partial charge on any atom is 0.133 e. The Morgan fingerprint density at radius 1 is 0.520 bits per heavy atom. The van der Waals surface area contributed by atoms with Crippen LogP contribution in [0.1, 0.15) is 83.5 Å². The summed E-state index contributed by atoms with van der Waals surface area (Å²) in [6.07, 6.45) is 15.9. The van der Waals surface area contributed by atoms with Gasteiger partial charge in [0.25, 0.3) is 0 Å². The van der Waals surface area contributed by atoms with Gasteiger partial charge < -0.3 is 0 Å². The van der Waals surface area contributed by atoms with Crippen molar-refractivity contribution in [1.29, 1.82) is 15.8 Å². The summed E-state index contributed by atoms with van der Waals surface area (Å²) in [7, 11) is 0. The van der Waals surface area contributed by atoms with Crippen LogP contribution in [0.3, 0.4) is 0 Å². The molecule has 0 aromatic carbocycles. The summed E-state index contributed by atoms with van der Waals surface area (Å²) in [4.78, 5) is 0. The van der Waals surface area contributed by atoms with Crippen molar-refractivity contribution in [2.24, 2.45) is 0 Å². The zero-order valence-corrected chi connectivity index (χ0v) is 17.7. The molecule has 0 spiro atoms. The van der Waals surface area contributed by atoms with E-state index >= 15 is 0 Å². The van der Waals surface area contributed by atoms with Gasteiger partial charge in [-0.3, -0.25) is 0 Å². The van der Waals surface area contributed by atoms with Crippen LogP contribution < -0.4 is 0 Å². The molecule has 3 nitrogen and oxygen atoms in total. The Bertz CT molecular complexity index is 410. The molecular weight excluding hydrogens is 366 g/mol. The average Bonchev–Trinajstić information content (AvgIpc) is 2.62. The van der Waals surface area contributed by atoms with E-state index in [-0.39, 0.29) is 0 Å². The molecule has 1 atom stereocenters. The Balaban J connectivity index is 3.48. The van der Waals surface area contributed by atoms with E-state index in [0.717, 1.165) is 30.8 Å². The van der Waals surface area contributed by atoms with Crippen LogP contribution in [0.5, 0.6) is 0 Å². The van der Waals surface area contributed by atoms with Crippen molar-refractivity contribution in [3.8, 4) is 16.2 Å². The molecule has 0 aromatic heterocycles. The lowest BCUT2D eigenvalue weighted by molar-refractivity contribution is 0.548. The van der Waals surface area contributed by atoms with Crippen molar-refractivity contribution in [2.45, 2.75) is 88.7 Å². The third-order valence-corrected chi connectivity index (χ3v) is 6.30. The van der Waals surface area contributed by atoms with Gasteiger partial charge in [-0.2, -0.15) is 15.8 Å². The van der Waals surface area contributed by atoms with E-state index in [9.17, 15) is 0 Å². The minimum atomic E-state index is 0.506. The molecule has 0 aliphatic carbocycles. The Hall–Kier alpha value is -0.480. The summed E-state index contributed by atoms with van der Waals surface area (Å²) in [5, 5.41) is 32.9. The summed E-state index contributed by atoms with van der Waals surface area (Å²) < 4.78 is 0. The highest BCUT2D eigenvalue weighted by Gasteiger charge is 2.08. The fraction of sp³-hybridized carbons (Fsp3) is 0.842. The van der Waals surface area contributed by atoms with Gasteiger partial charge in [-0.1, -0.05) is 57.8 Å². The highest BCUT2D eigenvalue weighted by Crippen LogP contribution is 2.23. The molecule has 6 heteroatoms. The van der Waals surface area contributed by atoms with Gasteiger partial charge in [-0.15, -0.1) is 0 Å². The molecule has 1 unspecified atom stereocenters. The molecule has 0 aliphatic heterocycles.